The summed E-state index contributed by atoms with van der Waals surface area (Å²) >= 11 is 0. The number of rotatable bonds is 0. The van der Waals surface area contributed by atoms with Crippen LogP contribution in [0.3, 0.4) is 0 Å². The second-order valence-corrected chi connectivity index (χ2v) is 2.86. The molecular formula is C7H14N. The molecule has 1 heteroatoms. The molecule has 1 atom stereocenters. The third-order valence-corrected chi connectivity index (χ3v) is 1.81. The Bertz CT molecular complexity index is 62.8. The lowest BCUT2D eigenvalue weighted by Gasteiger charge is -2.21. The van der Waals surface area contributed by atoms with Crippen molar-refractivity contribution < 1.29 is 0 Å². The van der Waals surface area contributed by atoms with Crippen LogP contribution in [-0.4, -0.2) is 0 Å². The normalized spacial score (nSPS) is 33.0. The fourth-order valence-corrected chi connectivity index (χ4v) is 1.33. The van der Waals surface area contributed by atoms with Gasteiger partial charge in [0.25, 0.3) is 0 Å². The van der Waals surface area contributed by atoms with Crippen molar-refractivity contribution in [3.8, 4) is 0 Å². The molecule has 0 amide bonds. The van der Waals surface area contributed by atoms with Gasteiger partial charge in [-0.3, -0.25) is 0 Å². The Morgan fingerprint density at radius 1 is 1.62 bits per heavy atom. The molecule has 1 aliphatic carbocycles. The van der Waals surface area contributed by atoms with Gasteiger partial charge in [0, 0.05) is 6.04 Å². The highest BCUT2D eigenvalue weighted by atomic mass is 14.6. The highest BCUT2D eigenvalue weighted by molar-refractivity contribution is 4.87. The van der Waals surface area contributed by atoms with Crippen LogP contribution in [0.1, 0.15) is 32.6 Å². The second kappa shape index (κ2) is 2.49. The molecule has 1 fully saturated rings. The molecule has 1 rings (SSSR count). The molecular weight excluding hydrogens is 98.1 g/mol. The maximum atomic E-state index is 5.64. The lowest BCUT2D eigenvalue weighted by Crippen LogP contribution is -2.18. The highest BCUT2D eigenvalue weighted by Gasteiger charge is 2.14. The molecule has 2 N–H and O–H groups in total. The van der Waals surface area contributed by atoms with Gasteiger partial charge >= 0.3 is 0 Å². The minimum atomic E-state index is 0.851. The van der Waals surface area contributed by atoms with E-state index in [9.17, 15) is 0 Å². The fourth-order valence-electron chi connectivity index (χ4n) is 1.33. The smallest absolute Gasteiger partial charge is 0.0339 e. The molecule has 1 nitrogen and oxygen atoms in total. The van der Waals surface area contributed by atoms with Crippen LogP contribution in [0.5, 0.6) is 0 Å². The van der Waals surface area contributed by atoms with Crippen molar-refractivity contribution >= 4 is 0 Å². The molecule has 0 saturated heterocycles. The topological polar surface area (TPSA) is 26.0 Å². The Morgan fingerprint density at radius 3 is 2.75 bits per heavy atom. The van der Waals surface area contributed by atoms with Crippen LogP contribution in [0.15, 0.2) is 0 Å². The Kier molecular flexibility index (Phi) is 1.90. The molecule has 0 bridgehead atoms. The first-order valence-electron chi connectivity index (χ1n) is 3.39. The van der Waals surface area contributed by atoms with Gasteiger partial charge in [-0.15, -0.1) is 0 Å². The van der Waals surface area contributed by atoms with Crippen molar-refractivity contribution in [3.05, 3.63) is 6.04 Å². The quantitative estimate of drug-likeness (QED) is 0.507. The fraction of sp³-hybridized carbons (Fsp3) is 0.857. The summed E-state index contributed by atoms with van der Waals surface area (Å²) in [6.45, 7) is 2.27. The maximum absolute atomic E-state index is 5.64. The zero-order valence-corrected chi connectivity index (χ0v) is 5.48. The summed E-state index contributed by atoms with van der Waals surface area (Å²) in [5.74, 6) is 0.851. The van der Waals surface area contributed by atoms with Gasteiger partial charge in [-0.05, 0) is 18.8 Å². The van der Waals surface area contributed by atoms with Gasteiger partial charge in [-0.2, -0.15) is 0 Å². The van der Waals surface area contributed by atoms with Crippen LogP contribution in [-0.2, 0) is 0 Å². The Balaban J connectivity index is 2.23. The average Bonchev–Trinajstić information content (AvgIpc) is 1.64. The van der Waals surface area contributed by atoms with E-state index in [2.05, 4.69) is 6.92 Å². The largest absolute Gasteiger partial charge is 0.324 e. The van der Waals surface area contributed by atoms with E-state index in [1.165, 1.54) is 31.7 Å². The van der Waals surface area contributed by atoms with Crippen molar-refractivity contribution in [1.29, 1.82) is 0 Å². The Hall–Kier alpha value is -0.0400. The molecule has 47 valence electrons. The molecule has 0 aromatic rings. The molecule has 0 heterocycles. The van der Waals surface area contributed by atoms with Crippen molar-refractivity contribution in [3.63, 3.8) is 0 Å². The van der Waals surface area contributed by atoms with Gasteiger partial charge in [0.05, 0.1) is 0 Å². The molecule has 0 aliphatic heterocycles. The first kappa shape index (κ1) is 6.09. The predicted molar refractivity (Wildman–Crippen MR) is 35.1 cm³/mol. The summed E-state index contributed by atoms with van der Waals surface area (Å²) < 4.78 is 0. The second-order valence-electron chi connectivity index (χ2n) is 2.86. The molecule has 1 radical (unpaired) electrons. The molecule has 1 aliphatic rings. The van der Waals surface area contributed by atoms with Crippen LogP contribution in [0.4, 0.5) is 0 Å². The third kappa shape index (κ3) is 1.48. The highest BCUT2D eigenvalue weighted by Crippen LogP contribution is 2.25. The summed E-state index contributed by atoms with van der Waals surface area (Å²) in [5, 5.41) is 0. The molecule has 8 heavy (non-hydrogen) atoms. The van der Waals surface area contributed by atoms with Crippen molar-refractivity contribution in [1.82, 2.24) is 0 Å². The minimum absolute atomic E-state index is 0.851. The molecule has 0 spiro atoms. The summed E-state index contributed by atoms with van der Waals surface area (Å²) in [7, 11) is 0. The van der Waals surface area contributed by atoms with Gasteiger partial charge in [-0.1, -0.05) is 19.8 Å². The molecule has 0 aromatic carbocycles. The van der Waals surface area contributed by atoms with Crippen LogP contribution >= 0.6 is 0 Å². The monoisotopic (exact) mass is 112 g/mol. The first-order chi connectivity index (χ1) is 3.79. The van der Waals surface area contributed by atoms with Gasteiger partial charge in [0.2, 0.25) is 0 Å². The summed E-state index contributed by atoms with van der Waals surface area (Å²) in [5.41, 5.74) is 5.64. The minimum Gasteiger partial charge on any atom is -0.324 e. The van der Waals surface area contributed by atoms with Crippen LogP contribution in [0, 0.1) is 12.0 Å². The van der Waals surface area contributed by atoms with E-state index in [1.54, 1.807) is 0 Å². The molecule has 1 unspecified atom stereocenters. The van der Waals surface area contributed by atoms with Gasteiger partial charge in [0.15, 0.2) is 0 Å². The van der Waals surface area contributed by atoms with Crippen LogP contribution < -0.4 is 5.73 Å². The Labute approximate surface area is 51.3 Å². The van der Waals surface area contributed by atoms with E-state index in [-0.39, 0.29) is 0 Å². The Morgan fingerprint density at radius 2 is 2.38 bits per heavy atom. The van der Waals surface area contributed by atoms with Gasteiger partial charge < -0.3 is 5.73 Å². The maximum Gasteiger partial charge on any atom is 0.0339 e. The third-order valence-electron chi connectivity index (χ3n) is 1.81. The summed E-state index contributed by atoms with van der Waals surface area (Å²) in [6.07, 6.45) is 5.03. The first-order valence-corrected chi connectivity index (χ1v) is 3.39. The van der Waals surface area contributed by atoms with Gasteiger partial charge in [0.1, 0.15) is 0 Å². The van der Waals surface area contributed by atoms with E-state index in [4.69, 9.17) is 5.73 Å². The predicted octanol–water partition coefficient (Wildman–Crippen LogP) is 1.69. The van der Waals surface area contributed by atoms with Crippen molar-refractivity contribution in [2.45, 2.75) is 32.6 Å². The summed E-state index contributed by atoms with van der Waals surface area (Å²) in [6, 6.07) is 1.21. The van der Waals surface area contributed by atoms with E-state index in [0.29, 0.717) is 0 Å². The SMILES string of the molecule is CC1CCC[C](N)C1. The zero-order valence-electron chi connectivity index (χ0n) is 5.48. The standard InChI is InChI=1S/C7H14N/c1-6-3-2-4-7(8)5-6/h6H,2-5,8H2,1H3. The van der Waals surface area contributed by atoms with Gasteiger partial charge in [-0.25, -0.2) is 0 Å². The average molecular weight is 112 g/mol. The number of hydrogen-bond acceptors (Lipinski definition) is 1. The van der Waals surface area contributed by atoms with E-state index in [1.807, 2.05) is 0 Å². The number of nitrogens with two attached hydrogens (primary N) is 1. The lowest BCUT2D eigenvalue weighted by molar-refractivity contribution is 0.407. The van der Waals surface area contributed by atoms with Crippen LogP contribution in [0.25, 0.3) is 0 Å². The summed E-state index contributed by atoms with van der Waals surface area (Å²) in [4.78, 5) is 0. The van der Waals surface area contributed by atoms with Crippen molar-refractivity contribution in [2.24, 2.45) is 11.7 Å². The van der Waals surface area contributed by atoms with Crippen LogP contribution in [0.2, 0.25) is 0 Å². The lowest BCUT2D eigenvalue weighted by atomic mass is 9.88. The zero-order chi connectivity index (χ0) is 5.98. The molecule has 1 saturated carbocycles. The molecule has 0 aromatic heterocycles. The van der Waals surface area contributed by atoms with E-state index in [0.717, 1.165) is 5.92 Å². The van der Waals surface area contributed by atoms with Crippen molar-refractivity contribution in [2.75, 3.05) is 0 Å². The number of hydrogen-bond donors (Lipinski definition) is 1. The van der Waals surface area contributed by atoms with E-state index >= 15 is 0 Å². The van der Waals surface area contributed by atoms with E-state index < -0.39 is 0 Å².